The SMILES string of the molecule is COc1cc(Br)cc(Br)c1NCC(O)CO. The fourth-order valence-electron chi connectivity index (χ4n) is 1.17. The topological polar surface area (TPSA) is 61.7 Å². The molecule has 0 saturated carbocycles. The van der Waals surface area contributed by atoms with Crippen LogP contribution in [0.2, 0.25) is 0 Å². The van der Waals surface area contributed by atoms with Gasteiger partial charge in [0.2, 0.25) is 0 Å². The van der Waals surface area contributed by atoms with Crippen molar-refractivity contribution in [3.8, 4) is 5.75 Å². The highest BCUT2D eigenvalue weighted by Crippen LogP contribution is 2.35. The summed E-state index contributed by atoms with van der Waals surface area (Å²) in [5.41, 5.74) is 0.748. The molecule has 0 heterocycles. The number of aliphatic hydroxyl groups excluding tert-OH is 2. The van der Waals surface area contributed by atoms with Gasteiger partial charge in [0.1, 0.15) is 5.75 Å². The number of benzene rings is 1. The third-order valence-corrected chi connectivity index (χ3v) is 3.05. The molecule has 16 heavy (non-hydrogen) atoms. The lowest BCUT2D eigenvalue weighted by atomic mass is 10.2. The average Bonchev–Trinajstić information content (AvgIpc) is 2.26. The van der Waals surface area contributed by atoms with Crippen LogP contribution in [0.5, 0.6) is 5.75 Å². The number of halogens is 2. The molecule has 4 nitrogen and oxygen atoms in total. The highest BCUT2D eigenvalue weighted by atomic mass is 79.9. The van der Waals surface area contributed by atoms with E-state index in [0.717, 1.165) is 14.6 Å². The van der Waals surface area contributed by atoms with Crippen molar-refractivity contribution < 1.29 is 14.9 Å². The summed E-state index contributed by atoms with van der Waals surface area (Å²) in [5, 5.41) is 21.0. The predicted octanol–water partition coefficient (Wildman–Crippen LogP) is 1.99. The van der Waals surface area contributed by atoms with E-state index in [2.05, 4.69) is 37.2 Å². The molecule has 1 unspecified atom stereocenters. The zero-order valence-electron chi connectivity index (χ0n) is 8.70. The van der Waals surface area contributed by atoms with Gasteiger partial charge in [-0.3, -0.25) is 0 Å². The van der Waals surface area contributed by atoms with E-state index < -0.39 is 6.10 Å². The van der Waals surface area contributed by atoms with Gasteiger partial charge in [0.25, 0.3) is 0 Å². The zero-order chi connectivity index (χ0) is 12.1. The normalized spacial score (nSPS) is 12.3. The molecule has 3 N–H and O–H groups in total. The average molecular weight is 355 g/mol. The summed E-state index contributed by atoms with van der Waals surface area (Å²) in [4.78, 5) is 0. The smallest absolute Gasteiger partial charge is 0.144 e. The van der Waals surface area contributed by atoms with E-state index >= 15 is 0 Å². The van der Waals surface area contributed by atoms with Crippen molar-refractivity contribution in [2.45, 2.75) is 6.10 Å². The fourth-order valence-corrected chi connectivity index (χ4v) is 2.49. The van der Waals surface area contributed by atoms with E-state index in [0.29, 0.717) is 5.75 Å². The lowest BCUT2D eigenvalue weighted by Gasteiger charge is -2.15. The van der Waals surface area contributed by atoms with Gasteiger partial charge >= 0.3 is 0 Å². The number of nitrogens with one attached hydrogen (secondary N) is 1. The van der Waals surface area contributed by atoms with Crippen molar-refractivity contribution >= 4 is 37.5 Å². The number of rotatable bonds is 5. The van der Waals surface area contributed by atoms with Crippen LogP contribution in [0.25, 0.3) is 0 Å². The molecule has 0 radical (unpaired) electrons. The van der Waals surface area contributed by atoms with Crippen LogP contribution in [0.1, 0.15) is 0 Å². The maximum atomic E-state index is 9.25. The Hall–Kier alpha value is -0.300. The van der Waals surface area contributed by atoms with E-state index in [-0.39, 0.29) is 13.2 Å². The summed E-state index contributed by atoms with van der Waals surface area (Å²) >= 11 is 6.75. The summed E-state index contributed by atoms with van der Waals surface area (Å²) in [5.74, 6) is 0.659. The van der Waals surface area contributed by atoms with Gasteiger partial charge < -0.3 is 20.3 Å². The van der Waals surface area contributed by atoms with Gasteiger partial charge in [0, 0.05) is 15.5 Å². The molecule has 1 aromatic rings. The summed E-state index contributed by atoms with van der Waals surface area (Å²) in [6.45, 7) is -0.0173. The molecule has 1 aromatic carbocycles. The Kier molecular flexibility index (Phi) is 5.54. The molecule has 0 aromatic heterocycles. The Bertz CT molecular complexity index is 360. The summed E-state index contributed by atoms with van der Waals surface area (Å²) in [6, 6.07) is 3.69. The number of anilines is 1. The molecular formula is C10H13Br2NO3. The first-order valence-corrected chi connectivity index (χ1v) is 6.23. The van der Waals surface area contributed by atoms with Gasteiger partial charge in [0.15, 0.2) is 0 Å². The Balaban J connectivity index is 2.85. The van der Waals surface area contributed by atoms with Gasteiger partial charge in [-0.05, 0) is 28.1 Å². The minimum Gasteiger partial charge on any atom is -0.495 e. The first-order chi connectivity index (χ1) is 7.58. The van der Waals surface area contributed by atoms with Crippen LogP contribution < -0.4 is 10.1 Å². The Morgan fingerprint density at radius 3 is 2.69 bits per heavy atom. The second-order valence-electron chi connectivity index (χ2n) is 3.18. The maximum absolute atomic E-state index is 9.25. The van der Waals surface area contributed by atoms with Crippen LogP contribution in [-0.2, 0) is 0 Å². The molecule has 6 heteroatoms. The maximum Gasteiger partial charge on any atom is 0.144 e. The third kappa shape index (κ3) is 3.62. The lowest BCUT2D eigenvalue weighted by Crippen LogP contribution is -2.23. The number of hydrogen-bond donors (Lipinski definition) is 3. The number of ether oxygens (including phenoxy) is 1. The summed E-state index contributed by atoms with van der Waals surface area (Å²) in [6.07, 6.45) is -0.791. The third-order valence-electron chi connectivity index (χ3n) is 1.96. The van der Waals surface area contributed by atoms with Crippen LogP contribution >= 0.6 is 31.9 Å². The fraction of sp³-hybridized carbons (Fsp3) is 0.400. The van der Waals surface area contributed by atoms with Gasteiger partial charge in [-0.15, -0.1) is 0 Å². The van der Waals surface area contributed by atoms with Gasteiger partial charge in [-0.2, -0.15) is 0 Å². The van der Waals surface area contributed by atoms with E-state index in [1.807, 2.05) is 12.1 Å². The van der Waals surface area contributed by atoms with Crippen molar-refractivity contribution in [1.29, 1.82) is 0 Å². The molecule has 0 spiro atoms. The highest BCUT2D eigenvalue weighted by molar-refractivity contribution is 9.11. The minimum absolute atomic E-state index is 0.257. The molecule has 90 valence electrons. The van der Waals surface area contributed by atoms with Crippen molar-refractivity contribution in [3.63, 3.8) is 0 Å². The van der Waals surface area contributed by atoms with Crippen molar-refractivity contribution in [2.75, 3.05) is 25.6 Å². The zero-order valence-corrected chi connectivity index (χ0v) is 11.9. The first kappa shape index (κ1) is 13.8. The molecule has 0 saturated heterocycles. The summed E-state index contributed by atoms with van der Waals surface area (Å²) < 4.78 is 6.92. The van der Waals surface area contributed by atoms with Crippen LogP contribution in [0.15, 0.2) is 21.1 Å². The van der Waals surface area contributed by atoms with Gasteiger partial charge in [0.05, 0.1) is 25.5 Å². The van der Waals surface area contributed by atoms with E-state index in [1.54, 1.807) is 7.11 Å². The highest BCUT2D eigenvalue weighted by Gasteiger charge is 2.10. The lowest BCUT2D eigenvalue weighted by molar-refractivity contribution is 0.105. The van der Waals surface area contributed by atoms with Crippen molar-refractivity contribution in [1.82, 2.24) is 0 Å². The van der Waals surface area contributed by atoms with E-state index in [4.69, 9.17) is 9.84 Å². The second-order valence-corrected chi connectivity index (χ2v) is 4.95. The Morgan fingerprint density at radius 1 is 1.44 bits per heavy atom. The largest absolute Gasteiger partial charge is 0.495 e. The van der Waals surface area contributed by atoms with Gasteiger partial charge in [-0.25, -0.2) is 0 Å². The predicted molar refractivity (Wildman–Crippen MR) is 70.0 cm³/mol. The second kappa shape index (κ2) is 6.44. The number of aliphatic hydroxyl groups is 2. The van der Waals surface area contributed by atoms with Crippen molar-refractivity contribution in [2.24, 2.45) is 0 Å². The van der Waals surface area contributed by atoms with Crippen LogP contribution in [0, 0.1) is 0 Å². The molecular weight excluding hydrogens is 342 g/mol. The van der Waals surface area contributed by atoms with E-state index in [1.165, 1.54) is 0 Å². The van der Waals surface area contributed by atoms with E-state index in [9.17, 15) is 5.11 Å². The Labute approximate surface area is 111 Å². The summed E-state index contributed by atoms with van der Waals surface area (Å²) in [7, 11) is 1.57. The molecule has 1 atom stereocenters. The van der Waals surface area contributed by atoms with Crippen molar-refractivity contribution in [3.05, 3.63) is 21.1 Å². The van der Waals surface area contributed by atoms with Crippen LogP contribution in [0.3, 0.4) is 0 Å². The number of methoxy groups -OCH3 is 1. The van der Waals surface area contributed by atoms with Crippen LogP contribution in [-0.4, -0.2) is 36.6 Å². The van der Waals surface area contributed by atoms with Gasteiger partial charge in [-0.1, -0.05) is 15.9 Å². The Morgan fingerprint density at radius 2 is 2.12 bits per heavy atom. The van der Waals surface area contributed by atoms with Crippen LogP contribution in [0.4, 0.5) is 5.69 Å². The molecule has 0 bridgehead atoms. The molecule has 0 aliphatic rings. The molecule has 0 amide bonds. The number of hydrogen-bond acceptors (Lipinski definition) is 4. The minimum atomic E-state index is -0.791. The molecule has 1 rings (SSSR count). The standard InChI is InChI=1S/C10H13Br2NO3/c1-16-9-3-6(11)2-8(12)10(9)13-4-7(15)5-14/h2-3,7,13-15H,4-5H2,1H3. The monoisotopic (exact) mass is 353 g/mol. The quantitative estimate of drug-likeness (QED) is 0.756. The molecule has 0 fully saturated rings. The molecule has 0 aliphatic heterocycles. The molecule has 0 aliphatic carbocycles. The first-order valence-electron chi connectivity index (χ1n) is 4.64.